The Bertz CT molecular complexity index is 693. The fourth-order valence-electron chi connectivity index (χ4n) is 1.73. The molecule has 3 rings (SSSR count). The van der Waals surface area contributed by atoms with Crippen molar-refractivity contribution < 1.29 is 5.11 Å². The van der Waals surface area contributed by atoms with Gasteiger partial charge in [0.25, 0.3) is 0 Å². The van der Waals surface area contributed by atoms with Crippen LogP contribution in [-0.4, -0.2) is 19.7 Å². The van der Waals surface area contributed by atoms with Crippen molar-refractivity contribution in [3.05, 3.63) is 47.6 Å². The number of rotatable bonds is 1. The molecule has 0 bridgehead atoms. The smallest absolute Gasteiger partial charge is 0.203 e. The molecule has 0 aliphatic heterocycles. The third kappa shape index (κ3) is 1.62. The summed E-state index contributed by atoms with van der Waals surface area (Å²) in [6, 6.07) is 10.7. The van der Waals surface area contributed by atoms with Crippen molar-refractivity contribution >= 4 is 17.2 Å². The summed E-state index contributed by atoms with van der Waals surface area (Å²) in [4.78, 5) is 0. The minimum atomic E-state index is 0.105. The molecule has 1 N–H and O–H groups in total. The van der Waals surface area contributed by atoms with Crippen molar-refractivity contribution in [2.45, 2.75) is 0 Å². The Morgan fingerprint density at radius 2 is 2.00 bits per heavy atom. The molecule has 1 aromatic carbocycles. The van der Waals surface area contributed by atoms with Gasteiger partial charge in [-0.3, -0.25) is 4.40 Å². The van der Waals surface area contributed by atoms with E-state index in [4.69, 9.17) is 11.6 Å². The van der Waals surface area contributed by atoms with Crippen LogP contribution >= 0.6 is 11.6 Å². The Balaban J connectivity index is 2.28. The summed E-state index contributed by atoms with van der Waals surface area (Å²) in [6.45, 7) is 0. The van der Waals surface area contributed by atoms with Gasteiger partial charge in [0.05, 0.1) is 0 Å². The normalized spacial score (nSPS) is 10.9. The number of halogens is 1. The van der Waals surface area contributed by atoms with Gasteiger partial charge in [0.2, 0.25) is 5.65 Å². The third-order valence-corrected chi connectivity index (χ3v) is 2.73. The molecule has 0 atom stereocenters. The van der Waals surface area contributed by atoms with Crippen molar-refractivity contribution in [2.24, 2.45) is 0 Å². The van der Waals surface area contributed by atoms with Gasteiger partial charge in [-0.2, -0.15) is 0 Å². The van der Waals surface area contributed by atoms with E-state index in [2.05, 4.69) is 10.2 Å². The van der Waals surface area contributed by atoms with Crippen LogP contribution in [0.4, 0.5) is 0 Å². The maximum absolute atomic E-state index is 9.64. The third-order valence-electron chi connectivity index (χ3n) is 2.50. The maximum Gasteiger partial charge on any atom is 0.203 e. The number of fused-ring (bicyclic) bond motifs is 1. The van der Waals surface area contributed by atoms with Crippen LogP contribution in [0.15, 0.2) is 42.6 Å². The zero-order valence-corrected chi connectivity index (χ0v) is 9.46. The highest BCUT2D eigenvalue weighted by Gasteiger charge is 2.10. The van der Waals surface area contributed by atoms with E-state index in [0.29, 0.717) is 16.5 Å². The minimum absolute atomic E-state index is 0.105. The predicted octanol–water partition coefficient (Wildman–Crippen LogP) is 2.76. The van der Waals surface area contributed by atoms with Crippen LogP contribution in [0.25, 0.3) is 17.0 Å². The first-order valence-corrected chi connectivity index (χ1v) is 5.42. The number of hydrogen-bond acceptors (Lipinski definition) is 3. The number of benzene rings is 1. The molecule has 0 fully saturated rings. The molecule has 3 aromatic rings. The van der Waals surface area contributed by atoms with Crippen LogP contribution in [-0.2, 0) is 0 Å². The standard InChI is InChI=1S/C12H8ClN3O/c13-9-4-1-3-8(7-9)11-14-15-12-10(17)5-2-6-16(11)12/h1-7,17H. The van der Waals surface area contributed by atoms with E-state index in [1.807, 2.05) is 18.2 Å². The van der Waals surface area contributed by atoms with E-state index in [-0.39, 0.29) is 5.75 Å². The predicted molar refractivity (Wildman–Crippen MR) is 65.1 cm³/mol. The Morgan fingerprint density at radius 1 is 1.12 bits per heavy atom. The SMILES string of the molecule is Oc1cccn2c(-c3cccc(Cl)c3)nnc12. The highest BCUT2D eigenvalue weighted by molar-refractivity contribution is 6.30. The molecule has 0 unspecified atom stereocenters. The molecule has 2 aromatic heterocycles. The fraction of sp³-hybridized carbons (Fsp3) is 0. The molecule has 0 amide bonds. The van der Waals surface area contributed by atoms with Gasteiger partial charge >= 0.3 is 0 Å². The van der Waals surface area contributed by atoms with E-state index >= 15 is 0 Å². The number of hydrogen-bond donors (Lipinski definition) is 1. The molecule has 2 heterocycles. The molecular formula is C12H8ClN3O. The lowest BCUT2D eigenvalue weighted by molar-refractivity contribution is 0.477. The first-order valence-electron chi connectivity index (χ1n) is 5.04. The quantitative estimate of drug-likeness (QED) is 0.717. The van der Waals surface area contributed by atoms with Crippen LogP contribution < -0.4 is 0 Å². The molecule has 0 radical (unpaired) electrons. The minimum Gasteiger partial charge on any atom is -0.504 e. The first-order chi connectivity index (χ1) is 8.25. The van der Waals surface area contributed by atoms with E-state index in [9.17, 15) is 5.11 Å². The summed E-state index contributed by atoms with van der Waals surface area (Å²) < 4.78 is 1.72. The Kier molecular flexibility index (Phi) is 2.23. The van der Waals surface area contributed by atoms with Gasteiger partial charge in [-0.25, -0.2) is 0 Å². The Labute approximate surface area is 102 Å². The zero-order valence-electron chi connectivity index (χ0n) is 8.71. The largest absolute Gasteiger partial charge is 0.504 e. The van der Waals surface area contributed by atoms with E-state index in [1.54, 1.807) is 28.8 Å². The van der Waals surface area contributed by atoms with Crippen LogP contribution in [0.5, 0.6) is 5.75 Å². The lowest BCUT2D eigenvalue weighted by Gasteiger charge is -2.00. The second-order valence-corrected chi connectivity index (χ2v) is 4.06. The summed E-state index contributed by atoms with van der Waals surface area (Å²) in [5.41, 5.74) is 1.29. The van der Waals surface area contributed by atoms with Crippen molar-refractivity contribution in [2.75, 3.05) is 0 Å². The van der Waals surface area contributed by atoms with Gasteiger partial charge < -0.3 is 5.11 Å². The van der Waals surface area contributed by atoms with Gasteiger partial charge in [-0.15, -0.1) is 10.2 Å². The summed E-state index contributed by atoms with van der Waals surface area (Å²) in [5, 5.41) is 18.3. The number of aromatic hydroxyl groups is 1. The van der Waals surface area contributed by atoms with E-state index in [0.717, 1.165) is 5.56 Å². The molecule has 0 saturated heterocycles. The second kappa shape index (κ2) is 3.75. The Hall–Kier alpha value is -2.07. The van der Waals surface area contributed by atoms with Crippen molar-refractivity contribution in [3.63, 3.8) is 0 Å². The molecule has 0 spiro atoms. The summed E-state index contributed by atoms with van der Waals surface area (Å²) in [6.07, 6.45) is 1.80. The lowest BCUT2D eigenvalue weighted by atomic mass is 10.2. The highest BCUT2D eigenvalue weighted by Crippen LogP contribution is 2.24. The van der Waals surface area contributed by atoms with E-state index < -0.39 is 0 Å². The van der Waals surface area contributed by atoms with Crippen LogP contribution in [0.2, 0.25) is 5.02 Å². The van der Waals surface area contributed by atoms with Crippen LogP contribution in [0, 0.1) is 0 Å². The average molecular weight is 246 g/mol. The second-order valence-electron chi connectivity index (χ2n) is 3.62. The zero-order chi connectivity index (χ0) is 11.8. The number of pyridine rings is 1. The molecule has 0 aliphatic carbocycles. The van der Waals surface area contributed by atoms with Crippen molar-refractivity contribution in [3.8, 4) is 17.1 Å². The van der Waals surface area contributed by atoms with Gasteiger partial charge in [-0.05, 0) is 24.3 Å². The maximum atomic E-state index is 9.64. The fourth-order valence-corrected chi connectivity index (χ4v) is 1.92. The lowest BCUT2D eigenvalue weighted by Crippen LogP contribution is -1.88. The number of aromatic nitrogens is 3. The molecule has 17 heavy (non-hydrogen) atoms. The first kappa shape index (κ1) is 10.1. The summed E-state index contributed by atoms with van der Waals surface area (Å²) in [7, 11) is 0. The van der Waals surface area contributed by atoms with Crippen molar-refractivity contribution in [1.82, 2.24) is 14.6 Å². The topological polar surface area (TPSA) is 50.4 Å². The summed E-state index contributed by atoms with van der Waals surface area (Å²) in [5.74, 6) is 0.756. The number of nitrogens with zero attached hydrogens (tertiary/aromatic N) is 3. The monoisotopic (exact) mass is 245 g/mol. The van der Waals surface area contributed by atoms with Crippen molar-refractivity contribution in [1.29, 1.82) is 0 Å². The molecule has 5 heteroatoms. The summed E-state index contributed by atoms with van der Waals surface area (Å²) >= 11 is 5.94. The molecule has 0 saturated carbocycles. The molecule has 4 nitrogen and oxygen atoms in total. The Morgan fingerprint density at radius 3 is 2.82 bits per heavy atom. The molecule has 84 valence electrons. The van der Waals surface area contributed by atoms with Gasteiger partial charge in [0, 0.05) is 16.8 Å². The van der Waals surface area contributed by atoms with Gasteiger partial charge in [0.1, 0.15) is 0 Å². The molecule has 0 aliphatic rings. The van der Waals surface area contributed by atoms with E-state index in [1.165, 1.54) is 0 Å². The van der Waals surface area contributed by atoms with Crippen LogP contribution in [0.1, 0.15) is 0 Å². The average Bonchev–Trinajstić information content (AvgIpc) is 2.74. The highest BCUT2D eigenvalue weighted by atomic mass is 35.5. The van der Waals surface area contributed by atoms with Crippen LogP contribution in [0.3, 0.4) is 0 Å². The van der Waals surface area contributed by atoms with Gasteiger partial charge in [0.15, 0.2) is 11.6 Å². The van der Waals surface area contributed by atoms with Gasteiger partial charge in [-0.1, -0.05) is 23.7 Å². The molecular weight excluding hydrogens is 238 g/mol.